The molecule has 2 unspecified atom stereocenters. The van der Waals surface area contributed by atoms with Gasteiger partial charge in [-0.3, -0.25) is 4.79 Å². The number of carbonyl (C=O) groups is 1. The number of likely N-dealkylation sites (tertiary alicyclic amines) is 1. The van der Waals surface area contributed by atoms with Gasteiger partial charge in [0.05, 0.1) is 5.92 Å². The van der Waals surface area contributed by atoms with E-state index < -0.39 is 0 Å². The van der Waals surface area contributed by atoms with E-state index in [1.54, 1.807) is 0 Å². The third kappa shape index (κ3) is 3.34. The van der Waals surface area contributed by atoms with E-state index in [4.69, 9.17) is 0 Å². The van der Waals surface area contributed by atoms with E-state index in [1.165, 1.54) is 23.3 Å². The first-order valence-corrected chi connectivity index (χ1v) is 8.86. The highest BCUT2D eigenvalue weighted by molar-refractivity contribution is 8.09. The topological polar surface area (TPSA) is 20.3 Å². The summed E-state index contributed by atoms with van der Waals surface area (Å²) >= 11 is 1.84. The molecular weight excluding hydrogens is 278 g/mol. The van der Waals surface area contributed by atoms with Crippen molar-refractivity contribution in [3.63, 3.8) is 0 Å². The van der Waals surface area contributed by atoms with Crippen LogP contribution in [0.1, 0.15) is 38.2 Å². The monoisotopic (exact) mass is 301 g/mol. The Bertz CT molecular complexity index is 517. The molecule has 3 rings (SSSR count). The summed E-state index contributed by atoms with van der Waals surface area (Å²) in [4.78, 5) is 16.2. The minimum absolute atomic E-state index is 0.0447. The zero-order chi connectivity index (χ0) is 14.7. The van der Waals surface area contributed by atoms with Crippen LogP contribution in [0.3, 0.4) is 0 Å². The van der Waals surface area contributed by atoms with Crippen LogP contribution in [0.4, 0.5) is 0 Å². The van der Waals surface area contributed by atoms with Crippen LogP contribution in [-0.2, 0) is 4.79 Å². The van der Waals surface area contributed by atoms with Crippen LogP contribution in [0.2, 0.25) is 0 Å². The van der Waals surface area contributed by atoms with Crippen LogP contribution in [-0.4, -0.2) is 29.1 Å². The van der Waals surface area contributed by atoms with Crippen LogP contribution < -0.4 is 0 Å². The molecule has 2 aliphatic rings. The molecule has 0 aromatic heterocycles. The van der Waals surface area contributed by atoms with E-state index >= 15 is 0 Å². The molecule has 0 radical (unpaired) electrons. The summed E-state index contributed by atoms with van der Waals surface area (Å²) in [5.74, 6) is 0.381. The SMILES string of the molecule is CC1SC(c2ccccc2)=CC1C(=O)N1CCCCCC1. The van der Waals surface area contributed by atoms with Crippen molar-refractivity contribution in [2.75, 3.05) is 13.1 Å². The number of carbonyl (C=O) groups excluding carboxylic acids is 1. The Labute approximate surface area is 131 Å². The Hall–Kier alpha value is -1.22. The van der Waals surface area contributed by atoms with Crippen LogP contribution in [0.25, 0.3) is 4.91 Å². The molecule has 1 amide bonds. The van der Waals surface area contributed by atoms with Gasteiger partial charge in [0.2, 0.25) is 5.91 Å². The highest BCUT2D eigenvalue weighted by Crippen LogP contribution is 2.42. The third-order valence-electron chi connectivity index (χ3n) is 4.41. The number of hydrogen-bond donors (Lipinski definition) is 0. The second-order valence-electron chi connectivity index (χ2n) is 5.99. The Kier molecular flexibility index (Phi) is 4.69. The van der Waals surface area contributed by atoms with E-state index in [9.17, 15) is 4.79 Å². The van der Waals surface area contributed by atoms with Gasteiger partial charge in [0, 0.05) is 23.2 Å². The highest BCUT2D eigenvalue weighted by Gasteiger charge is 2.33. The molecule has 1 fully saturated rings. The quantitative estimate of drug-likeness (QED) is 0.816. The smallest absolute Gasteiger partial charge is 0.230 e. The van der Waals surface area contributed by atoms with Crippen molar-refractivity contribution in [2.24, 2.45) is 5.92 Å². The number of nitrogens with zero attached hydrogens (tertiary/aromatic N) is 1. The van der Waals surface area contributed by atoms with Crippen LogP contribution in [0, 0.1) is 5.92 Å². The zero-order valence-electron chi connectivity index (χ0n) is 12.6. The van der Waals surface area contributed by atoms with Gasteiger partial charge in [-0.15, -0.1) is 11.8 Å². The average molecular weight is 301 g/mol. The molecule has 0 bridgehead atoms. The van der Waals surface area contributed by atoms with Gasteiger partial charge in [0.15, 0.2) is 0 Å². The van der Waals surface area contributed by atoms with Gasteiger partial charge in [-0.25, -0.2) is 0 Å². The molecule has 2 aliphatic heterocycles. The van der Waals surface area contributed by atoms with Crippen LogP contribution in [0.5, 0.6) is 0 Å². The highest BCUT2D eigenvalue weighted by atomic mass is 32.2. The van der Waals surface area contributed by atoms with Crippen molar-refractivity contribution in [3.8, 4) is 0 Å². The standard InChI is InChI=1S/C18H23NOS/c1-14-16(18(20)19-11-7-2-3-8-12-19)13-17(21-14)15-9-5-4-6-10-15/h4-6,9-10,13-14,16H,2-3,7-8,11-12H2,1H3. The van der Waals surface area contributed by atoms with Crippen LogP contribution in [0.15, 0.2) is 36.4 Å². The van der Waals surface area contributed by atoms with Crippen molar-refractivity contribution in [1.82, 2.24) is 4.90 Å². The fourth-order valence-electron chi connectivity index (χ4n) is 3.15. The molecule has 1 aromatic rings. The molecule has 0 saturated carbocycles. The average Bonchev–Trinajstić information content (AvgIpc) is 2.74. The Morgan fingerprint density at radius 2 is 1.76 bits per heavy atom. The largest absolute Gasteiger partial charge is 0.342 e. The lowest BCUT2D eigenvalue weighted by Crippen LogP contribution is -2.38. The summed E-state index contributed by atoms with van der Waals surface area (Å²) < 4.78 is 0. The van der Waals surface area contributed by atoms with Crippen molar-refractivity contribution in [1.29, 1.82) is 0 Å². The maximum atomic E-state index is 12.8. The third-order valence-corrected chi connectivity index (χ3v) is 5.70. The lowest BCUT2D eigenvalue weighted by atomic mass is 10.0. The summed E-state index contributed by atoms with van der Waals surface area (Å²) in [6.07, 6.45) is 7.05. The van der Waals surface area contributed by atoms with E-state index in [-0.39, 0.29) is 5.92 Å². The molecule has 112 valence electrons. The molecule has 2 heterocycles. The fraction of sp³-hybridized carbons (Fsp3) is 0.500. The van der Waals surface area contributed by atoms with Gasteiger partial charge in [-0.05, 0) is 18.4 Å². The molecule has 0 aliphatic carbocycles. The normalized spacial score (nSPS) is 26.3. The Balaban J connectivity index is 1.75. The second kappa shape index (κ2) is 6.69. The van der Waals surface area contributed by atoms with Crippen molar-refractivity contribution < 1.29 is 4.79 Å². The molecular formula is C18H23NOS. The van der Waals surface area contributed by atoms with Crippen molar-refractivity contribution >= 4 is 22.6 Å². The molecule has 0 N–H and O–H groups in total. The second-order valence-corrected chi connectivity index (χ2v) is 7.40. The van der Waals surface area contributed by atoms with E-state index in [0.29, 0.717) is 11.2 Å². The summed E-state index contributed by atoms with van der Waals surface area (Å²) in [5, 5.41) is 0.343. The summed E-state index contributed by atoms with van der Waals surface area (Å²) in [7, 11) is 0. The number of hydrogen-bond acceptors (Lipinski definition) is 2. The summed E-state index contributed by atoms with van der Waals surface area (Å²) in [6, 6.07) is 10.4. The first-order chi connectivity index (χ1) is 10.3. The molecule has 3 heteroatoms. The van der Waals surface area contributed by atoms with Gasteiger partial charge in [-0.2, -0.15) is 0 Å². The fourth-order valence-corrected chi connectivity index (χ4v) is 4.39. The lowest BCUT2D eigenvalue weighted by Gasteiger charge is -2.25. The van der Waals surface area contributed by atoms with Gasteiger partial charge >= 0.3 is 0 Å². The first-order valence-electron chi connectivity index (χ1n) is 7.98. The number of amides is 1. The Morgan fingerprint density at radius 3 is 2.43 bits per heavy atom. The van der Waals surface area contributed by atoms with Crippen molar-refractivity contribution in [3.05, 3.63) is 42.0 Å². The minimum Gasteiger partial charge on any atom is -0.342 e. The Morgan fingerprint density at radius 1 is 1.10 bits per heavy atom. The predicted molar refractivity (Wildman–Crippen MR) is 90.0 cm³/mol. The molecule has 2 nitrogen and oxygen atoms in total. The number of thioether (sulfide) groups is 1. The predicted octanol–water partition coefficient (Wildman–Crippen LogP) is 4.18. The molecule has 1 saturated heterocycles. The summed E-state index contributed by atoms with van der Waals surface area (Å²) in [5.41, 5.74) is 1.24. The minimum atomic E-state index is 0.0447. The number of rotatable bonds is 2. The number of benzene rings is 1. The van der Waals surface area contributed by atoms with Gasteiger partial charge in [-0.1, -0.05) is 56.2 Å². The van der Waals surface area contributed by atoms with E-state index in [1.807, 2.05) is 17.8 Å². The zero-order valence-corrected chi connectivity index (χ0v) is 13.4. The van der Waals surface area contributed by atoms with Gasteiger partial charge in [0.25, 0.3) is 0 Å². The molecule has 21 heavy (non-hydrogen) atoms. The van der Waals surface area contributed by atoms with Gasteiger partial charge < -0.3 is 4.90 Å². The summed E-state index contributed by atoms with van der Waals surface area (Å²) in [6.45, 7) is 4.07. The van der Waals surface area contributed by atoms with Crippen LogP contribution >= 0.6 is 11.8 Å². The maximum Gasteiger partial charge on any atom is 0.230 e. The first kappa shape index (κ1) is 14.7. The van der Waals surface area contributed by atoms with Gasteiger partial charge in [0.1, 0.15) is 0 Å². The molecule has 0 spiro atoms. The van der Waals surface area contributed by atoms with E-state index in [2.05, 4.69) is 42.2 Å². The molecule has 2 atom stereocenters. The maximum absolute atomic E-state index is 12.8. The van der Waals surface area contributed by atoms with E-state index in [0.717, 1.165) is 25.9 Å². The lowest BCUT2D eigenvalue weighted by molar-refractivity contribution is -0.133. The van der Waals surface area contributed by atoms with Crippen molar-refractivity contribution in [2.45, 2.75) is 37.9 Å². The molecule has 1 aromatic carbocycles.